The van der Waals surface area contributed by atoms with Gasteiger partial charge in [-0.1, -0.05) is 13.8 Å². The van der Waals surface area contributed by atoms with Crippen LogP contribution in [0.4, 0.5) is 0 Å². The Kier molecular flexibility index (Phi) is 1.29. The third kappa shape index (κ3) is 1.05. The number of amides is 1. The number of hydrogen-bond acceptors (Lipinski definition) is 1. The summed E-state index contributed by atoms with van der Waals surface area (Å²) in [5, 5.41) is 0. The van der Waals surface area contributed by atoms with Crippen LogP contribution < -0.4 is 0 Å². The van der Waals surface area contributed by atoms with Crippen LogP contribution >= 0.6 is 0 Å². The van der Waals surface area contributed by atoms with Gasteiger partial charge in [0.1, 0.15) is 0 Å². The number of hydrogen-bond donors (Lipinski definition) is 0. The normalized spacial score (nSPS) is 28.0. The lowest BCUT2D eigenvalue weighted by Crippen LogP contribution is -2.51. The molecule has 1 aliphatic carbocycles. The van der Waals surface area contributed by atoms with E-state index in [-0.39, 0.29) is 5.41 Å². The lowest BCUT2D eigenvalue weighted by molar-refractivity contribution is -0.142. The highest BCUT2D eigenvalue weighted by atomic mass is 16.2. The second-order valence-electron chi connectivity index (χ2n) is 4.38. The fourth-order valence-corrected chi connectivity index (χ4v) is 1.65. The van der Waals surface area contributed by atoms with E-state index in [1.165, 1.54) is 0 Å². The van der Waals surface area contributed by atoms with Crippen molar-refractivity contribution in [2.24, 2.45) is 11.3 Å². The van der Waals surface area contributed by atoms with Crippen LogP contribution in [0.2, 0.25) is 0 Å². The Bertz CT molecular complexity index is 190. The van der Waals surface area contributed by atoms with Crippen LogP contribution in [0.25, 0.3) is 0 Å². The molecule has 1 saturated carbocycles. The second kappa shape index (κ2) is 1.99. The van der Waals surface area contributed by atoms with E-state index >= 15 is 0 Å². The molecule has 0 bridgehead atoms. The van der Waals surface area contributed by atoms with Gasteiger partial charge in [0, 0.05) is 18.5 Å². The fourth-order valence-electron chi connectivity index (χ4n) is 1.65. The summed E-state index contributed by atoms with van der Waals surface area (Å²) in [4.78, 5) is 13.6. The van der Waals surface area contributed by atoms with E-state index < -0.39 is 0 Å². The van der Waals surface area contributed by atoms with Gasteiger partial charge in [-0.15, -0.1) is 0 Å². The second-order valence-corrected chi connectivity index (χ2v) is 4.38. The summed E-state index contributed by atoms with van der Waals surface area (Å²) in [6.45, 7) is 6.26. The molecule has 0 aromatic carbocycles. The SMILES string of the molecule is CC1CN(C(=O)C2(C)CC2)C1. The van der Waals surface area contributed by atoms with E-state index in [1.54, 1.807) is 0 Å². The van der Waals surface area contributed by atoms with E-state index in [2.05, 4.69) is 13.8 Å². The predicted octanol–water partition coefficient (Wildman–Crippen LogP) is 1.26. The van der Waals surface area contributed by atoms with Gasteiger partial charge in [-0.05, 0) is 18.8 Å². The van der Waals surface area contributed by atoms with Crippen molar-refractivity contribution < 1.29 is 4.79 Å². The van der Waals surface area contributed by atoms with Crippen molar-refractivity contribution in [1.29, 1.82) is 0 Å². The molecule has 2 aliphatic rings. The average Bonchev–Trinajstić information content (AvgIpc) is 2.61. The summed E-state index contributed by atoms with van der Waals surface area (Å²) < 4.78 is 0. The molecule has 2 fully saturated rings. The molecule has 1 amide bonds. The van der Waals surface area contributed by atoms with Gasteiger partial charge in [0.2, 0.25) is 5.91 Å². The zero-order chi connectivity index (χ0) is 8.06. The molecule has 0 N–H and O–H groups in total. The van der Waals surface area contributed by atoms with Crippen LogP contribution in [-0.2, 0) is 4.79 Å². The minimum atomic E-state index is 0.0557. The number of nitrogens with zero attached hydrogens (tertiary/aromatic N) is 1. The Morgan fingerprint density at radius 3 is 2.36 bits per heavy atom. The smallest absolute Gasteiger partial charge is 0.228 e. The van der Waals surface area contributed by atoms with Gasteiger partial charge >= 0.3 is 0 Å². The maximum atomic E-state index is 11.6. The zero-order valence-electron chi connectivity index (χ0n) is 7.26. The molecule has 62 valence electrons. The first-order valence-corrected chi connectivity index (χ1v) is 4.41. The van der Waals surface area contributed by atoms with Crippen LogP contribution in [-0.4, -0.2) is 23.9 Å². The largest absolute Gasteiger partial charge is 0.342 e. The third-order valence-electron chi connectivity index (χ3n) is 2.87. The van der Waals surface area contributed by atoms with E-state index in [0.29, 0.717) is 5.91 Å². The van der Waals surface area contributed by atoms with Gasteiger partial charge in [0.25, 0.3) is 0 Å². The molecule has 11 heavy (non-hydrogen) atoms. The lowest BCUT2D eigenvalue weighted by Gasteiger charge is -2.38. The first-order valence-electron chi connectivity index (χ1n) is 4.41. The molecule has 2 heteroatoms. The van der Waals surface area contributed by atoms with Gasteiger partial charge in [-0.3, -0.25) is 4.79 Å². The van der Waals surface area contributed by atoms with E-state index in [9.17, 15) is 4.79 Å². The van der Waals surface area contributed by atoms with Crippen LogP contribution in [0.3, 0.4) is 0 Å². The van der Waals surface area contributed by atoms with Gasteiger partial charge in [0.15, 0.2) is 0 Å². The summed E-state index contributed by atoms with van der Waals surface area (Å²) >= 11 is 0. The molecule has 0 aromatic heterocycles. The minimum absolute atomic E-state index is 0.0557. The average molecular weight is 153 g/mol. The first kappa shape index (κ1) is 7.14. The summed E-state index contributed by atoms with van der Waals surface area (Å²) in [6.07, 6.45) is 2.22. The molecule has 1 aliphatic heterocycles. The quantitative estimate of drug-likeness (QED) is 0.555. The third-order valence-corrected chi connectivity index (χ3v) is 2.87. The summed E-state index contributed by atoms with van der Waals surface area (Å²) in [6, 6.07) is 0. The number of rotatable bonds is 1. The lowest BCUT2D eigenvalue weighted by atomic mass is 9.99. The zero-order valence-corrected chi connectivity index (χ0v) is 7.26. The van der Waals surface area contributed by atoms with Crippen molar-refractivity contribution in [2.75, 3.05) is 13.1 Å². The van der Waals surface area contributed by atoms with Crippen LogP contribution in [0.5, 0.6) is 0 Å². The molecule has 0 unspecified atom stereocenters. The van der Waals surface area contributed by atoms with Crippen LogP contribution in [0.15, 0.2) is 0 Å². The van der Waals surface area contributed by atoms with E-state index in [1.807, 2.05) is 4.90 Å². The predicted molar refractivity (Wildman–Crippen MR) is 43.1 cm³/mol. The van der Waals surface area contributed by atoms with Crippen LogP contribution in [0.1, 0.15) is 26.7 Å². The highest BCUT2D eigenvalue weighted by molar-refractivity contribution is 5.85. The Hall–Kier alpha value is -0.530. The van der Waals surface area contributed by atoms with Crippen molar-refractivity contribution in [3.63, 3.8) is 0 Å². The maximum absolute atomic E-state index is 11.6. The van der Waals surface area contributed by atoms with Crippen LogP contribution in [0, 0.1) is 11.3 Å². The molecule has 1 saturated heterocycles. The van der Waals surface area contributed by atoms with Gasteiger partial charge in [-0.25, -0.2) is 0 Å². The van der Waals surface area contributed by atoms with Gasteiger partial charge in [0.05, 0.1) is 0 Å². The standard InChI is InChI=1S/C9H15NO/c1-7-5-10(6-7)8(11)9(2)3-4-9/h7H,3-6H2,1-2H3. The van der Waals surface area contributed by atoms with E-state index in [0.717, 1.165) is 31.8 Å². The highest BCUT2D eigenvalue weighted by Crippen LogP contribution is 2.47. The van der Waals surface area contributed by atoms with Gasteiger partial charge in [-0.2, -0.15) is 0 Å². The molecule has 0 aromatic rings. The van der Waals surface area contributed by atoms with E-state index in [4.69, 9.17) is 0 Å². The first-order chi connectivity index (χ1) is 5.12. The van der Waals surface area contributed by atoms with Crippen molar-refractivity contribution in [3.8, 4) is 0 Å². The molecule has 0 spiro atoms. The van der Waals surface area contributed by atoms with Crippen molar-refractivity contribution in [1.82, 2.24) is 4.90 Å². The van der Waals surface area contributed by atoms with Crippen molar-refractivity contribution >= 4 is 5.91 Å². The van der Waals surface area contributed by atoms with Gasteiger partial charge < -0.3 is 4.90 Å². The number of carbonyl (C=O) groups is 1. The minimum Gasteiger partial charge on any atom is -0.342 e. The topological polar surface area (TPSA) is 20.3 Å². The Labute approximate surface area is 67.6 Å². The summed E-state index contributed by atoms with van der Waals surface area (Å²) in [5.74, 6) is 1.14. The monoisotopic (exact) mass is 153 g/mol. The van der Waals surface area contributed by atoms with Crippen molar-refractivity contribution in [3.05, 3.63) is 0 Å². The number of likely N-dealkylation sites (tertiary alicyclic amines) is 1. The summed E-state index contributed by atoms with van der Waals surface area (Å²) in [5.41, 5.74) is 0.0557. The Balaban J connectivity index is 1.91. The molecular weight excluding hydrogens is 138 g/mol. The van der Waals surface area contributed by atoms with Crippen molar-refractivity contribution in [2.45, 2.75) is 26.7 Å². The fraction of sp³-hybridized carbons (Fsp3) is 0.889. The number of carbonyl (C=O) groups excluding carboxylic acids is 1. The molecular formula is C9H15NO. The molecule has 2 nitrogen and oxygen atoms in total. The maximum Gasteiger partial charge on any atom is 0.228 e. The molecule has 0 atom stereocenters. The molecule has 1 heterocycles. The highest BCUT2D eigenvalue weighted by Gasteiger charge is 2.48. The molecule has 2 rings (SSSR count). The Morgan fingerprint density at radius 2 is 2.00 bits per heavy atom. The molecule has 0 radical (unpaired) electrons. The summed E-state index contributed by atoms with van der Waals surface area (Å²) in [7, 11) is 0. The Morgan fingerprint density at radius 1 is 1.45 bits per heavy atom.